The van der Waals surface area contributed by atoms with Crippen LogP contribution in [0, 0.1) is 5.82 Å². The van der Waals surface area contributed by atoms with Gasteiger partial charge in [0.25, 0.3) is 0 Å². The van der Waals surface area contributed by atoms with E-state index in [1.807, 2.05) is 24.3 Å². The molecule has 0 spiro atoms. The Kier molecular flexibility index (Phi) is 6.95. The molecule has 0 radical (unpaired) electrons. The third-order valence-electron chi connectivity index (χ3n) is 4.50. The van der Waals surface area contributed by atoms with Crippen LogP contribution in [0.3, 0.4) is 0 Å². The summed E-state index contributed by atoms with van der Waals surface area (Å²) in [4.78, 5) is 0. The lowest BCUT2D eigenvalue weighted by Gasteiger charge is -2.08. The number of benzene rings is 2. The van der Waals surface area contributed by atoms with Gasteiger partial charge >= 0.3 is 0 Å². The molecule has 0 aliphatic heterocycles. The number of hydrogen-bond donors (Lipinski definition) is 2. The normalized spacial score (nSPS) is 10.9. The second-order valence-electron chi connectivity index (χ2n) is 6.79. The molecule has 2 aromatic carbocycles. The lowest BCUT2D eigenvalue weighted by atomic mass is 10.2. The summed E-state index contributed by atoms with van der Waals surface area (Å²) in [6.07, 6.45) is 3.38. The van der Waals surface area contributed by atoms with Crippen molar-refractivity contribution in [1.82, 2.24) is 19.6 Å². The zero-order valence-corrected chi connectivity index (χ0v) is 19.5. The first-order valence-corrected chi connectivity index (χ1v) is 10.9. The van der Waals surface area contributed by atoms with E-state index in [1.165, 1.54) is 6.07 Å². The maximum Gasteiger partial charge on any atom is 0.177 e. The van der Waals surface area contributed by atoms with Crippen LogP contribution in [0.15, 0.2) is 60.9 Å². The van der Waals surface area contributed by atoms with Gasteiger partial charge in [0.2, 0.25) is 0 Å². The second kappa shape index (κ2) is 9.87. The number of nitrogens with one attached hydrogen (secondary N) is 2. The average Bonchev–Trinajstić information content (AvgIpc) is 3.32. The molecular formula is C21H16Cl3FN6S. The van der Waals surface area contributed by atoms with E-state index < -0.39 is 0 Å². The number of thiocarbonyl (C=S) groups is 1. The summed E-state index contributed by atoms with van der Waals surface area (Å²) >= 11 is 23.9. The van der Waals surface area contributed by atoms with Crippen molar-refractivity contribution in [3.05, 3.63) is 92.9 Å². The van der Waals surface area contributed by atoms with Gasteiger partial charge in [-0.2, -0.15) is 10.2 Å². The van der Waals surface area contributed by atoms with Crippen LogP contribution in [0.2, 0.25) is 15.1 Å². The van der Waals surface area contributed by atoms with Gasteiger partial charge in [0.1, 0.15) is 10.8 Å². The minimum absolute atomic E-state index is 0.186. The van der Waals surface area contributed by atoms with Crippen LogP contribution in [-0.2, 0) is 13.1 Å². The molecule has 0 fully saturated rings. The highest BCUT2D eigenvalue weighted by Gasteiger charge is 2.12. The fraction of sp³-hybridized carbons (Fsp3) is 0.0952. The molecule has 0 saturated heterocycles. The summed E-state index contributed by atoms with van der Waals surface area (Å²) < 4.78 is 17.2. The van der Waals surface area contributed by atoms with Crippen molar-refractivity contribution in [3.8, 4) is 0 Å². The summed E-state index contributed by atoms with van der Waals surface area (Å²) in [6, 6.07) is 13.8. The summed E-state index contributed by atoms with van der Waals surface area (Å²) in [5.74, 6) is 0.483. The van der Waals surface area contributed by atoms with Gasteiger partial charge in [-0.05, 0) is 36.0 Å². The molecule has 0 saturated carbocycles. The van der Waals surface area contributed by atoms with Crippen LogP contribution in [0.5, 0.6) is 0 Å². The van der Waals surface area contributed by atoms with Crippen molar-refractivity contribution in [1.29, 1.82) is 0 Å². The molecule has 2 aromatic heterocycles. The maximum atomic E-state index is 14.0. The molecule has 32 heavy (non-hydrogen) atoms. The molecule has 11 heteroatoms. The van der Waals surface area contributed by atoms with Crippen LogP contribution in [0.1, 0.15) is 11.1 Å². The van der Waals surface area contributed by atoms with Gasteiger partial charge in [-0.25, -0.2) is 4.39 Å². The van der Waals surface area contributed by atoms with Crippen molar-refractivity contribution in [2.45, 2.75) is 13.1 Å². The predicted octanol–water partition coefficient (Wildman–Crippen LogP) is 6.08. The number of anilines is 2. The van der Waals surface area contributed by atoms with E-state index in [0.29, 0.717) is 38.8 Å². The van der Waals surface area contributed by atoms with E-state index in [-0.39, 0.29) is 17.5 Å². The van der Waals surface area contributed by atoms with Gasteiger partial charge in [-0.3, -0.25) is 9.36 Å². The Morgan fingerprint density at radius 2 is 1.66 bits per heavy atom. The first-order chi connectivity index (χ1) is 15.4. The molecular weight excluding hydrogens is 494 g/mol. The van der Waals surface area contributed by atoms with Crippen LogP contribution in [-0.4, -0.2) is 24.7 Å². The summed E-state index contributed by atoms with van der Waals surface area (Å²) in [7, 11) is 0. The third kappa shape index (κ3) is 5.39. The van der Waals surface area contributed by atoms with E-state index in [9.17, 15) is 4.39 Å². The third-order valence-corrected chi connectivity index (χ3v) is 5.71. The Balaban J connectivity index is 1.38. The molecule has 0 atom stereocenters. The Morgan fingerprint density at radius 3 is 2.44 bits per heavy atom. The predicted molar refractivity (Wildman–Crippen MR) is 130 cm³/mol. The average molecular weight is 510 g/mol. The molecule has 0 amide bonds. The van der Waals surface area contributed by atoms with Gasteiger partial charge in [0, 0.05) is 34.1 Å². The Bertz CT molecular complexity index is 1250. The number of rotatable bonds is 6. The number of halogens is 4. The van der Waals surface area contributed by atoms with E-state index >= 15 is 0 Å². The Morgan fingerprint density at radius 1 is 0.875 bits per heavy atom. The maximum absolute atomic E-state index is 14.0. The topological polar surface area (TPSA) is 59.7 Å². The molecule has 164 valence electrons. The van der Waals surface area contributed by atoms with E-state index in [4.69, 9.17) is 47.0 Å². The quantitative estimate of drug-likeness (QED) is 0.308. The molecule has 0 aliphatic carbocycles. The molecule has 0 bridgehead atoms. The molecule has 6 nitrogen and oxygen atoms in total. The van der Waals surface area contributed by atoms with Crippen LogP contribution >= 0.6 is 47.0 Å². The van der Waals surface area contributed by atoms with Crippen molar-refractivity contribution in [3.63, 3.8) is 0 Å². The smallest absolute Gasteiger partial charge is 0.177 e. The van der Waals surface area contributed by atoms with Crippen LogP contribution in [0.25, 0.3) is 0 Å². The second-order valence-corrected chi connectivity index (χ2v) is 8.42. The van der Waals surface area contributed by atoms with Gasteiger partial charge in [-0.15, -0.1) is 0 Å². The number of nitrogens with zero attached hydrogens (tertiary/aromatic N) is 4. The van der Waals surface area contributed by atoms with Crippen molar-refractivity contribution in [2.24, 2.45) is 0 Å². The molecule has 0 aliphatic rings. The zero-order valence-electron chi connectivity index (χ0n) is 16.4. The fourth-order valence-corrected chi connectivity index (χ4v) is 3.80. The largest absolute Gasteiger partial charge is 0.316 e. The highest BCUT2D eigenvalue weighted by molar-refractivity contribution is 7.80. The Labute approximate surface area is 203 Å². The summed E-state index contributed by atoms with van der Waals surface area (Å²) in [6.45, 7) is 0.649. The molecule has 4 aromatic rings. The standard InChI is InChI=1S/C21H16Cl3FN6S/c22-15-5-2-1-4-13(15)10-31-12-17(24)20(29-31)27-21(32)26-19-8-9-30(28-19)11-14-16(23)6-3-7-18(14)25/h1-9,12H,10-11H2,(H2,26,27,28,29,32). The molecule has 2 heterocycles. The lowest BCUT2D eigenvalue weighted by Crippen LogP contribution is -2.20. The molecule has 4 rings (SSSR count). The SMILES string of the molecule is Fc1cccc(Cl)c1Cn1ccc(NC(=S)Nc2nn(Cc3ccccc3Cl)cc2Cl)n1. The summed E-state index contributed by atoms with van der Waals surface area (Å²) in [5, 5.41) is 16.3. The fourth-order valence-electron chi connectivity index (χ4n) is 2.98. The van der Waals surface area contributed by atoms with Crippen LogP contribution < -0.4 is 10.6 Å². The zero-order chi connectivity index (χ0) is 22.7. The van der Waals surface area contributed by atoms with Crippen molar-refractivity contribution in [2.75, 3.05) is 10.6 Å². The number of aromatic nitrogens is 4. The van der Waals surface area contributed by atoms with Gasteiger partial charge in [0.15, 0.2) is 16.7 Å². The van der Waals surface area contributed by atoms with Gasteiger partial charge < -0.3 is 10.6 Å². The first kappa shape index (κ1) is 22.5. The first-order valence-electron chi connectivity index (χ1n) is 9.40. The van der Waals surface area contributed by atoms with Crippen molar-refractivity contribution < 1.29 is 4.39 Å². The minimum Gasteiger partial charge on any atom is -0.316 e. The van der Waals surface area contributed by atoms with Gasteiger partial charge in [0.05, 0.1) is 13.1 Å². The van der Waals surface area contributed by atoms with E-state index in [1.54, 1.807) is 40.0 Å². The van der Waals surface area contributed by atoms with Gasteiger partial charge in [-0.1, -0.05) is 59.1 Å². The summed E-state index contributed by atoms with van der Waals surface area (Å²) in [5.41, 5.74) is 1.28. The lowest BCUT2D eigenvalue weighted by molar-refractivity contribution is 0.586. The highest BCUT2D eigenvalue weighted by Crippen LogP contribution is 2.23. The molecule has 0 unspecified atom stereocenters. The Hall–Kier alpha value is -2.65. The van der Waals surface area contributed by atoms with Crippen LogP contribution in [0.4, 0.5) is 16.0 Å². The van der Waals surface area contributed by atoms with Crippen molar-refractivity contribution >= 4 is 63.8 Å². The molecule has 2 N–H and O–H groups in total. The highest BCUT2D eigenvalue weighted by atomic mass is 35.5. The minimum atomic E-state index is -0.387. The van der Waals surface area contributed by atoms with E-state index in [0.717, 1.165) is 5.56 Å². The monoisotopic (exact) mass is 508 g/mol. The number of hydrogen-bond acceptors (Lipinski definition) is 3. The van der Waals surface area contributed by atoms with E-state index in [2.05, 4.69) is 20.8 Å².